The third kappa shape index (κ3) is 4.99. The minimum atomic E-state index is -1.45. The highest BCUT2D eigenvalue weighted by Crippen LogP contribution is 2.39. The predicted octanol–water partition coefficient (Wildman–Crippen LogP) is 2.72. The monoisotopic (exact) mass is 397 g/mol. The molecule has 2 N–H and O–H groups in total. The van der Waals surface area contributed by atoms with Gasteiger partial charge in [0.05, 0.1) is 5.41 Å². The molecule has 27 heavy (non-hydrogen) atoms. The standard InChI is InChI=1S/C19H24ClNO6/c1-12(22)26-18(2,3)27-17(25)21-11-19(10-6-9-15(23)16(19)24)13-7-4-5-8-14(13)20/h4-5,7-8,15,23H,6,9-11H2,1-3H3,(H,21,25)/t15-,19-/m0/s1. The van der Waals surface area contributed by atoms with Crippen LogP contribution in [0, 0.1) is 0 Å². The number of carbonyl (C=O) groups excluding carboxylic acids is 3. The van der Waals surface area contributed by atoms with E-state index in [-0.39, 0.29) is 12.3 Å². The highest BCUT2D eigenvalue weighted by molar-refractivity contribution is 6.31. The summed E-state index contributed by atoms with van der Waals surface area (Å²) in [7, 11) is 0. The molecular weight excluding hydrogens is 374 g/mol. The number of aliphatic hydroxyl groups is 1. The Bertz CT molecular complexity index is 735. The van der Waals surface area contributed by atoms with Gasteiger partial charge in [0.1, 0.15) is 6.10 Å². The summed E-state index contributed by atoms with van der Waals surface area (Å²) < 4.78 is 10.0. The van der Waals surface area contributed by atoms with Crippen molar-refractivity contribution >= 4 is 29.4 Å². The van der Waals surface area contributed by atoms with E-state index >= 15 is 0 Å². The largest absolute Gasteiger partial charge is 0.423 e. The van der Waals surface area contributed by atoms with Crippen molar-refractivity contribution in [2.75, 3.05) is 6.54 Å². The number of Topliss-reactive ketones (excluding diaryl/α,β-unsaturated/α-hetero) is 1. The molecule has 0 bridgehead atoms. The van der Waals surface area contributed by atoms with Crippen LogP contribution >= 0.6 is 11.6 Å². The van der Waals surface area contributed by atoms with Gasteiger partial charge in [0.15, 0.2) is 5.78 Å². The van der Waals surface area contributed by atoms with Gasteiger partial charge in [-0.3, -0.25) is 9.59 Å². The maximum atomic E-state index is 12.9. The van der Waals surface area contributed by atoms with Gasteiger partial charge < -0.3 is 19.9 Å². The number of ether oxygens (including phenoxy) is 2. The van der Waals surface area contributed by atoms with Crippen LogP contribution in [0.25, 0.3) is 0 Å². The summed E-state index contributed by atoms with van der Waals surface area (Å²) in [6, 6.07) is 6.87. The second-order valence-corrected chi connectivity index (χ2v) is 7.48. The summed E-state index contributed by atoms with van der Waals surface area (Å²) in [4.78, 5) is 36.1. The van der Waals surface area contributed by atoms with Gasteiger partial charge >= 0.3 is 12.1 Å². The number of carbonyl (C=O) groups is 3. The number of benzene rings is 1. The fourth-order valence-electron chi connectivity index (χ4n) is 3.41. The fraction of sp³-hybridized carbons (Fsp3) is 0.526. The Hall–Kier alpha value is -2.12. The highest BCUT2D eigenvalue weighted by atomic mass is 35.5. The molecule has 0 unspecified atom stereocenters. The van der Waals surface area contributed by atoms with E-state index in [1.165, 1.54) is 20.8 Å². The van der Waals surface area contributed by atoms with E-state index in [2.05, 4.69) is 5.32 Å². The molecule has 0 aromatic heterocycles. The third-order valence-corrected chi connectivity index (χ3v) is 4.84. The van der Waals surface area contributed by atoms with Crippen molar-refractivity contribution in [3.63, 3.8) is 0 Å². The Morgan fingerprint density at radius 1 is 1.33 bits per heavy atom. The summed E-state index contributed by atoms with van der Waals surface area (Å²) in [6.45, 7) is 3.96. The molecule has 1 aromatic carbocycles. The quantitative estimate of drug-likeness (QED) is 0.585. The molecule has 0 heterocycles. The first kappa shape index (κ1) is 21.2. The zero-order valence-electron chi connectivity index (χ0n) is 15.6. The predicted molar refractivity (Wildman–Crippen MR) is 98.3 cm³/mol. The maximum Gasteiger partial charge on any atom is 0.410 e. The average molecular weight is 398 g/mol. The molecule has 0 radical (unpaired) electrons. The SMILES string of the molecule is CC(=O)OC(C)(C)OC(=O)NC[C@]1(c2ccccc2Cl)CCC[C@H](O)C1=O. The van der Waals surface area contributed by atoms with Crippen molar-refractivity contribution in [2.24, 2.45) is 0 Å². The van der Waals surface area contributed by atoms with Crippen molar-refractivity contribution in [3.8, 4) is 0 Å². The van der Waals surface area contributed by atoms with E-state index < -0.39 is 29.4 Å². The molecule has 1 saturated carbocycles. The number of alkyl carbamates (subject to hydrolysis) is 1. The first-order valence-electron chi connectivity index (χ1n) is 8.71. The van der Waals surface area contributed by atoms with Gasteiger partial charge in [-0.25, -0.2) is 4.79 Å². The summed E-state index contributed by atoms with van der Waals surface area (Å²) >= 11 is 6.30. The number of rotatable bonds is 5. The van der Waals surface area contributed by atoms with Gasteiger partial charge in [0.2, 0.25) is 0 Å². The van der Waals surface area contributed by atoms with Gasteiger partial charge in [0.25, 0.3) is 5.79 Å². The molecule has 1 aliphatic carbocycles. The molecule has 1 aromatic rings. The highest BCUT2D eigenvalue weighted by Gasteiger charge is 2.47. The number of hydrogen-bond donors (Lipinski definition) is 2. The molecular formula is C19H24ClNO6. The van der Waals surface area contributed by atoms with E-state index in [4.69, 9.17) is 21.1 Å². The summed E-state index contributed by atoms with van der Waals surface area (Å²) in [5.41, 5.74) is -0.601. The van der Waals surface area contributed by atoms with Crippen LogP contribution in [0.2, 0.25) is 5.02 Å². The number of halogens is 1. The third-order valence-electron chi connectivity index (χ3n) is 4.51. The van der Waals surface area contributed by atoms with Crippen LogP contribution in [-0.4, -0.2) is 41.4 Å². The number of nitrogens with one attached hydrogen (secondary N) is 1. The zero-order valence-corrected chi connectivity index (χ0v) is 16.3. The van der Waals surface area contributed by atoms with Crippen LogP contribution < -0.4 is 5.32 Å². The first-order chi connectivity index (χ1) is 12.6. The van der Waals surface area contributed by atoms with E-state index in [0.29, 0.717) is 29.8 Å². The minimum Gasteiger partial charge on any atom is -0.423 e. The van der Waals surface area contributed by atoms with Gasteiger partial charge in [-0.2, -0.15) is 0 Å². The summed E-state index contributed by atoms with van der Waals surface area (Å²) in [5, 5.41) is 13.1. The van der Waals surface area contributed by atoms with Crippen LogP contribution in [-0.2, 0) is 24.5 Å². The van der Waals surface area contributed by atoms with E-state index in [1.54, 1.807) is 24.3 Å². The molecule has 1 fully saturated rings. The Labute approximate surface area is 163 Å². The van der Waals surface area contributed by atoms with Crippen LogP contribution in [0.15, 0.2) is 24.3 Å². The lowest BCUT2D eigenvalue weighted by atomic mass is 9.67. The lowest BCUT2D eigenvalue weighted by Crippen LogP contribution is -2.53. The summed E-state index contributed by atoms with van der Waals surface area (Å²) in [6.07, 6.45) is -0.561. The topological polar surface area (TPSA) is 102 Å². The van der Waals surface area contributed by atoms with Crippen molar-refractivity contribution in [3.05, 3.63) is 34.9 Å². The van der Waals surface area contributed by atoms with Crippen molar-refractivity contribution in [1.82, 2.24) is 5.32 Å². The zero-order chi connectivity index (χ0) is 20.2. The lowest BCUT2D eigenvalue weighted by Gasteiger charge is -2.39. The molecule has 1 amide bonds. The number of amides is 1. The van der Waals surface area contributed by atoms with E-state index in [0.717, 1.165) is 0 Å². The number of esters is 1. The van der Waals surface area contributed by atoms with Gasteiger partial charge in [-0.1, -0.05) is 29.8 Å². The average Bonchev–Trinajstić information content (AvgIpc) is 2.55. The molecule has 8 heteroatoms. The fourth-order valence-corrected chi connectivity index (χ4v) is 3.72. The molecule has 148 valence electrons. The molecule has 0 saturated heterocycles. The molecule has 1 aliphatic rings. The van der Waals surface area contributed by atoms with Gasteiger partial charge in [0, 0.05) is 32.3 Å². The number of hydrogen-bond acceptors (Lipinski definition) is 6. The Morgan fingerprint density at radius 2 is 2.00 bits per heavy atom. The minimum absolute atomic E-state index is 0.0956. The van der Waals surface area contributed by atoms with Crippen LogP contribution in [0.5, 0.6) is 0 Å². The number of ketones is 1. The van der Waals surface area contributed by atoms with E-state index in [9.17, 15) is 19.5 Å². The molecule has 7 nitrogen and oxygen atoms in total. The first-order valence-corrected chi connectivity index (χ1v) is 9.09. The van der Waals surface area contributed by atoms with Crippen molar-refractivity contribution in [2.45, 2.75) is 57.3 Å². The van der Waals surface area contributed by atoms with Gasteiger partial charge in [-0.05, 0) is 30.9 Å². The Balaban J connectivity index is 2.22. The lowest BCUT2D eigenvalue weighted by molar-refractivity contribution is -0.192. The van der Waals surface area contributed by atoms with Crippen LogP contribution in [0.3, 0.4) is 0 Å². The maximum absolute atomic E-state index is 12.9. The smallest absolute Gasteiger partial charge is 0.410 e. The van der Waals surface area contributed by atoms with Gasteiger partial charge in [-0.15, -0.1) is 0 Å². The number of aliphatic hydroxyl groups excluding tert-OH is 1. The van der Waals surface area contributed by atoms with E-state index in [1.807, 2.05) is 0 Å². The molecule has 0 spiro atoms. The Kier molecular flexibility index (Phi) is 6.49. The summed E-state index contributed by atoms with van der Waals surface area (Å²) in [5.74, 6) is -2.43. The van der Waals surface area contributed by atoms with Crippen LogP contribution in [0.1, 0.15) is 45.6 Å². The molecule has 2 rings (SSSR count). The second kappa shape index (κ2) is 8.27. The second-order valence-electron chi connectivity index (χ2n) is 7.07. The van der Waals surface area contributed by atoms with Crippen molar-refractivity contribution < 1.29 is 29.0 Å². The van der Waals surface area contributed by atoms with Crippen LogP contribution in [0.4, 0.5) is 4.79 Å². The molecule has 0 aliphatic heterocycles. The normalized spacial score (nSPS) is 22.9. The molecule has 2 atom stereocenters. The van der Waals surface area contributed by atoms with Crippen molar-refractivity contribution in [1.29, 1.82) is 0 Å². The Morgan fingerprint density at radius 3 is 2.63 bits per heavy atom.